The van der Waals surface area contributed by atoms with Crippen molar-refractivity contribution in [2.75, 3.05) is 6.61 Å². The van der Waals surface area contributed by atoms with Crippen molar-refractivity contribution in [3.05, 3.63) is 102 Å². The van der Waals surface area contributed by atoms with Gasteiger partial charge in [-0.05, 0) is 31.2 Å². The number of hydrogen-bond acceptors (Lipinski definition) is 7. The predicted molar refractivity (Wildman–Crippen MR) is 127 cm³/mol. The fraction of sp³-hybridized carbons (Fsp3) is 0.296. The zero-order chi connectivity index (χ0) is 23.5. The number of hydrogen-bond donors (Lipinski definition) is 1. The van der Waals surface area contributed by atoms with E-state index in [0.29, 0.717) is 5.56 Å². The lowest BCUT2D eigenvalue weighted by molar-refractivity contribution is -0.317. The zero-order valence-corrected chi connectivity index (χ0v) is 19.5. The molecule has 0 saturated carbocycles. The Morgan fingerprint density at radius 1 is 0.941 bits per heavy atom. The molecule has 1 N–H and O–H groups in total. The highest BCUT2D eigenvalue weighted by Crippen LogP contribution is 2.40. The van der Waals surface area contributed by atoms with E-state index in [1.165, 1.54) is 11.8 Å². The molecule has 2 aliphatic rings. The summed E-state index contributed by atoms with van der Waals surface area (Å²) in [6, 6.07) is 26.2. The van der Waals surface area contributed by atoms with Crippen LogP contribution in [-0.4, -0.2) is 47.5 Å². The van der Waals surface area contributed by atoms with Gasteiger partial charge in [0.15, 0.2) is 12.4 Å². The van der Waals surface area contributed by atoms with Gasteiger partial charge in [-0.25, -0.2) is 4.79 Å². The first kappa shape index (κ1) is 23.1. The molecule has 2 fully saturated rings. The molecule has 6 nitrogen and oxygen atoms in total. The number of rotatable bonds is 5. The summed E-state index contributed by atoms with van der Waals surface area (Å²) in [7, 11) is 0. The molecule has 0 spiro atoms. The van der Waals surface area contributed by atoms with E-state index in [1.54, 1.807) is 24.3 Å². The van der Waals surface area contributed by atoms with Crippen LogP contribution >= 0.6 is 11.8 Å². The highest BCUT2D eigenvalue weighted by Gasteiger charge is 2.51. The van der Waals surface area contributed by atoms with Gasteiger partial charge in [0.25, 0.3) is 0 Å². The first-order valence-corrected chi connectivity index (χ1v) is 12.1. The van der Waals surface area contributed by atoms with Crippen molar-refractivity contribution in [1.82, 2.24) is 0 Å². The molecule has 2 heterocycles. The summed E-state index contributed by atoms with van der Waals surface area (Å²) in [4.78, 5) is 13.9. The molecule has 0 aliphatic carbocycles. The molecular formula is C27H26O6S. The van der Waals surface area contributed by atoms with Gasteiger partial charge < -0.3 is 24.1 Å². The van der Waals surface area contributed by atoms with Crippen molar-refractivity contribution in [2.45, 2.75) is 48.0 Å². The Balaban J connectivity index is 1.39. The first-order chi connectivity index (χ1) is 16.6. The third-order valence-electron chi connectivity index (χ3n) is 5.90. The van der Waals surface area contributed by atoms with Crippen molar-refractivity contribution in [3.8, 4) is 0 Å². The molecule has 0 bridgehead atoms. The van der Waals surface area contributed by atoms with Gasteiger partial charge in [0.1, 0.15) is 23.7 Å². The summed E-state index contributed by atoms with van der Waals surface area (Å²) < 4.78 is 24.2. The van der Waals surface area contributed by atoms with Crippen LogP contribution in [-0.2, 0) is 18.9 Å². The lowest BCUT2D eigenvalue weighted by Crippen LogP contribution is -2.62. The Labute approximate surface area is 202 Å². The second-order valence-electron chi connectivity index (χ2n) is 8.38. The van der Waals surface area contributed by atoms with Crippen LogP contribution in [0.1, 0.15) is 27.8 Å². The molecule has 34 heavy (non-hydrogen) atoms. The van der Waals surface area contributed by atoms with Gasteiger partial charge in [-0.15, -0.1) is 0 Å². The molecule has 6 atom stereocenters. The minimum atomic E-state index is -1.10. The highest BCUT2D eigenvalue weighted by molar-refractivity contribution is 7.99. The van der Waals surface area contributed by atoms with Crippen LogP contribution < -0.4 is 0 Å². The summed E-state index contributed by atoms with van der Waals surface area (Å²) in [5, 5.41) is 11.3. The summed E-state index contributed by atoms with van der Waals surface area (Å²) in [5.74, 6) is -0.518. The Kier molecular flexibility index (Phi) is 6.99. The monoisotopic (exact) mass is 478 g/mol. The molecule has 5 rings (SSSR count). The minimum absolute atomic E-state index is 0.251. The average molecular weight is 479 g/mol. The van der Waals surface area contributed by atoms with E-state index in [9.17, 15) is 9.90 Å². The third-order valence-corrected chi connectivity index (χ3v) is 7.07. The second-order valence-corrected chi connectivity index (χ2v) is 9.55. The molecule has 2 saturated heterocycles. The Bertz CT molecular complexity index is 1090. The topological polar surface area (TPSA) is 74.2 Å². The smallest absolute Gasteiger partial charge is 0.338 e. The maximum Gasteiger partial charge on any atom is 0.338 e. The van der Waals surface area contributed by atoms with Crippen molar-refractivity contribution in [3.63, 3.8) is 0 Å². The zero-order valence-electron chi connectivity index (χ0n) is 18.7. The second kappa shape index (κ2) is 10.3. The highest BCUT2D eigenvalue weighted by atomic mass is 32.2. The van der Waals surface area contributed by atoms with E-state index < -0.39 is 42.1 Å². The summed E-state index contributed by atoms with van der Waals surface area (Å²) in [6.07, 6.45) is -3.85. The van der Waals surface area contributed by atoms with Gasteiger partial charge in [0.2, 0.25) is 0 Å². The number of ether oxygens (including phenoxy) is 4. The molecule has 0 radical (unpaired) electrons. The number of aryl methyl sites for hydroxylation is 1. The molecule has 1 unspecified atom stereocenters. The molecule has 176 valence electrons. The first-order valence-electron chi connectivity index (χ1n) is 11.2. The predicted octanol–water partition coefficient (Wildman–Crippen LogP) is 4.51. The normalized spacial score (nSPS) is 28.6. The van der Waals surface area contributed by atoms with Gasteiger partial charge in [0, 0.05) is 10.5 Å². The average Bonchev–Trinajstić information content (AvgIpc) is 2.88. The fourth-order valence-corrected chi connectivity index (χ4v) is 5.14. The van der Waals surface area contributed by atoms with Crippen molar-refractivity contribution in [1.29, 1.82) is 0 Å². The number of esters is 1. The van der Waals surface area contributed by atoms with Crippen molar-refractivity contribution in [2.24, 2.45) is 0 Å². The van der Waals surface area contributed by atoms with Crippen LogP contribution in [0.4, 0.5) is 0 Å². The van der Waals surface area contributed by atoms with Crippen LogP contribution in [0.5, 0.6) is 0 Å². The number of benzene rings is 3. The lowest BCUT2D eigenvalue weighted by Gasteiger charge is -2.47. The Morgan fingerprint density at radius 3 is 2.32 bits per heavy atom. The van der Waals surface area contributed by atoms with Gasteiger partial charge in [0.05, 0.1) is 12.2 Å². The number of thioether (sulfide) groups is 1. The third kappa shape index (κ3) is 5.04. The summed E-state index contributed by atoms with van der Waals surface area (Å²) >= 11 is 1.39. The maximum atomic E-state index is 12.9. The minimum Gasteiger partial charge on any atom is -0.453 e. The molecular weight excluding hydrogens is 452 g/mol. The van der Waals surface area contributed by atoms with E-state index in [-0.39, 0.29) is 6.61 Å². The molecule has 2 aliphatic heterocycles. The molecule has 3 aromatic rings. The van der Waals surface area contributed by atoms with Crippen LogP contribution in [0.2, 0.25) is 0 Å². The van der Waals surface area contributed by atoms with Crippen LogP contribution in [0, 0.1) is 6.92 Å². The van der Waals surface area contributed by atoms with Crippen LogP contribution in [0.3, 0.4) is 0 Å². The van der Waals surface area contributed by atoms with Crippen LogP contribution in [0.15, 0.2) is 89.8 Å². The summed E-state index contributed by atoms with van der Waals surface area (Å²) in [6.45, 7) is 2.27. The van der Waals surface area contributed by atoms with Gasteiger partial charge in [-0.2, -0.15) is 0 Å². The van der Waals surface area contributed by atoms with Gasteiger partial charge in [-0.1, -0.05) is 78.0 Å². The summed E-state index contributed by atoms with van der Waals surface area (Å²) in [5.41, 5.74) is 1.75. The number of aliphatic hydroxyl groups is 1. The number of carbonyl (C=O) groups excluding carboxylic acids is 1. The quantitative estimate of drug-likeness (QED) is 0.541. The number of aliphatic hydroxyl groups excluding tert-OH is 1. The van der Waals surface area contributed by atoms with Gasteiger partial charge in [-0.3, -0.25) is 0 Å². The van der Waals surface area contributed by atoms with E-state index in [2.05, 4.69) is 0 Å². The van der Waals surface area contributed by atoms with Crippen molar-refractivity contribution >= 4 is 17.7 Å². The fourth-order valence-electron chi connectivity index (χ4n) is 4.09. The van der Waals surface area contributed by atoms with E-state index >= 15 is 0 Å². The number of fused-ring (bicyclic) bond motifs is 1. The molecule has 3 aromatic carbocycles. The Morgan fingerprint density at radius 2 is 1.62 bits per heavy atom. The largest absolute Gasteiger partial charge is 0.453 e. The molecule has 0 amide bonds. The van der Waals surface area contributed by atoms with E-state index in [4.69, 9.17) is 18.9 Å². The van der Waals surface area contributed by atoms with Gasteiger partial charge >= 0.3 is 5.97 Å². The SMILES string of the molecule is Cc1ccc(S[C@H]2O[C@@H]3COC(c4ccccc4)O[C@H]3[C@H](OC(=O)c3ccccc3)[C@@H]2O)cc1. The van der Waals surface area contributed by atoms with E-state index in [0.717, 1.165) is 16.0 Å². The Hall–Kier alpha value is -2.68. The molecule has 0 aromatic heterocycles. The lowest BCUT2D eigenvalue weighted by atomic mass is 9.98. The van der Waals surface area contributed by atoms with E-state index in [1.807, 2.05) is 67.6 Å². The molecule has 7 heteroatoms. The van der Waals surface area contributed by atoms with Crippen LogP contribution in [0.25, 0.3) is 0 Å². The maximum absolute atomic E-state index is 12.9. The standard InChI is InChI=1S/C27H26O6S/c1-17-12-14-20(15-13-17)34-27-22(28)24(32-25(29)18-8-4-2-5-9-18)23-21(31-27)16-30-26(33-23)19-10-6-3-7-11-19/h2-15,21-24,26-28H,16H2,1H3/t21-,22+,23-,24-,26?,27-/m1/s1. The van der Waals surface area contributed by atoms with Crippen molar-refractivity contribution < 1.29 is 28.8 Å². The number of carbonyl (C=O) groups is 1.